The number of sulfonamides is 1. The van der Waals surface area contributed by atoms with Crippen LogP contribution in [0.3, 0.4) is 0 Å². The first-order valence-electron chi connectivity index (χ1n) is 13.4. The lowest BCUT2D eigenvalue weighted by Gasteiger charge is -2.18. The Balaban J connectivity index is 1.44. The van der Waals surface area contributed by atoms with Crippen molar-refractivity contribution in [1.29, 1.82) is 0 Å². The van der Waals surface area contributed by atoms with Gasteiger partial charge >= 0.3 is 0 Å². The number of hydrogen-bond donors (Lipinski definition) is 0. The third-order valence-corrected chi connectivity index (χ3v) is 10.2. The van der Waals surface area contributed by atoms with Crippen molar-refractivity contribution in [3.05, 3.63) is 126 Å². The average molecular weight is 581 g/mol. The molecule has 0 bridgehead atoms. The fourth-order valence-electron chi connectivity index (χ4n) is 4.98. The van der Waals surface area contributed by atoms with Gasteiger partial charge in [0, 0.05) is 29.9 Å². The third-order valence-electron chi connectivity index (χ3n) is 7.06. The molecule has 9 heteroatoms. The fourth-order valence-corrected chi connectivity index (χ4v) is 7.67. The Morgan fingerprint density at radius 2 is 1.39 bits per heavy atom. The molecule has 1 aliphatic heterocycles. The highest BCUT2D eigenvalue weighted by molar-refractivity contribution is 8.00. The first kappa shape index (κ1) is 27.1. The van der Waals surface area contributed by atoms with Gasteiger partial charge in [-0.1, -0.05) is 103 Å². The van der Waals surface area contributed by atoms with Crippen molar-refractivity contribution in [3.8, 4) is 17.1 Å². The minimum absolute atomic E-state index is 0.0373. The first-order chi connectivity index (χ1) is 20.0. The molecular formula is C32H28N4O3S2. The van der Waals surface area contributed by atoms with E-state index in [9.17, 15) is 13.2 Å². The first-order valence-corrected chi connectivity index (χ1v) is 15.8. The second-order valence-electron chi connectivity index (χ2n) is 9.76. The minimum Gasteiger partial charge on any atom is -0.293 e. The topological polar surface area (TPSA) is 85.2 Å². The van der Waals surface area contributed by atoms with Gasteiger partial charge in [0.2, 0.25) is 10.0 Å². The molecule has 1 aromatic heterocycles. The van der Waals surface area contributed by atoms with E-state index in [0.717, 1.165) is 24.1 Å². The van der Waals surface area contributed by atoms with Crippen LogP contribution in [0.5, 0.6) is 0 Å². The molecular weight excluding hydrogens is 553 g/mol. The summed E-state index contributed by atoms with van der Waals surface area (Å²) >= 11 is 1.33. The van der Waals surface area contributed by atoms with Gasteiger partial charge in [0.05, 0.1) is 4.90 Å². The Bertz CT molecular complexity index is 1750. The van der Waals surface area contributed by atoms with Gasteiger partial charge in [-0.05, 0) is 42.7 Å². The normalized spacial score (nSPS) is 14.6. The molecule has 41 heavy (non-hydrogen) atoms. The van der Waals surface area contributed by atoms with Crippen LogP contribution in [0.2, 0.25) is 0 Å². The van der Waals surface area contributed by atoms with Crippen LogP contribution in [0.25, 0.3) is 17.1 Å². The number of hydrogen-bond acceptors (Lipinski definition) is 6. The highest BCUT2D eigenvalue weighted by Gasteiger charge is 2.29. The van der Waals surface area contributed by atoms with Crippen LogP contribution in [-0.2, 0) is 10.0 Å². The number of benzene rings is 4. The summed E-state index contributed by atoms with van der Waals surface area (Å²) in [5.74, 6) is 0.459. The molecule has 1 saturated heterocycles. The summed E-state index contributed by atoms with van der Waals surface area (Å²) in [4.78, 5) is 14.0. The molecule has 6 rings (SSSR count). The molecule has 0 aliphatic carbocycles. The van der Waals surface area contributed by atoms with Gasteiger partial charge in [-0.3, -0.25) is 9.36 Å². The van der Waals surface area contributed by atoms with Crippen molar-refractivity contribution >= 4 is 27.6 Å². The molecule has 4 aromatic carbocycles. The summed E-state index contributed by atoms with van der Waals surface area (Å²) in [6.07, 6.45) is 1.73. The Labute approximate surface area is 243 Å². The highest BCUT2D eigenvalue weighted by atomic mass is 32.2. The summed E-state index contributed by atoms with van der Waals surface area (Å²) in [6.45, 7) is 1.06. The number of para-hydroxylation sites is 1. The number of rotatable bonds is 9. The lowest BCUT2D eigenvalue weighted by Crippen LogP contribution is -2.27. The van der Waals surface area contributed by atoms with Crippen LogP contribution in [0.15, 0.2) is 125 Å². The van der Waals surface area contributed by atoms with E-state index < -0.39 is 15.3 Å². The zero-order chi connectivity index (χ0) is 28.2. The average Bonchev–Trinajstić information content (AvgIpc) is 3.72. The predicted octanol–water partition coefficient (Wildman–Crippen LogP) is 6.44. The van der Waals surface area contributed by atoms with Crippen LogP contribution in [0.1, 0.15) is 34.0 Å². The molecule has 5 aromatic rings. The molecule has 1 fully saturated rings. The van der Waals surface area contributed by atoms with E-state index in [-0.39, 0.29) is 10.7 Å². The minimum atomic E-state index is -3.61. The fraction of sp³-hybridized carbons (Fsp3) is 0.156. The third kappa shape index (κ3) is 5.61. The smallest absolute Gasteiger partial charge is 0.243 e. The zero-order valence-electron chi connectivity index (χ0n) is 22.2. The zero-order valence-corrected chi connectivity index (χ0v) is 23.8. The van der Waals surface area contributed by atoms with E-state index in [1.54, 1.807) is 18.2 Å². The van der Waals surface area contributed by atoms with E-state index in [4.69, 9.17) is 0 Å². The Morgan fingerprint density at radius 3 is 2.07 bits per heavy atom. The maximum absolute atomic E-state index is 13.8. The summed E-state index contributed by atoms with van der Waals surface area (Å²) in [6, 6.07) is 35.4. The monoisotopic (exact) mass is 580 g/mol. The van der Waals surface area contributed by atoms with Crippen LogP contribution < -0.4 is 0 Å². The van der Waals surface area contributed by atoms with Gasteiger partial charge in [-0.2, -0.15) is 4.31 Å². The Kier molecular flexibility index (Phi) is 7.82. The number of ketones is 1. The standard InChI is InChI=1S/C32H28N4O3S2/c37-29(24-13-4-1-5-14-24)30(25-15-6-2-7-16-25)40-32-34-33-31(36(32)27-18-8-3-9-19-27)26-17-12-20-28(23-26)41(38,39)35-21-10-11-22-35/h1-9,12-20,23,30H,10-11,21-22H2. The Hall–Kier alpha value is -4.05. The van der Waals surface area contributed by atoms with E-state index in [1.165, 1.54) is 16.1 Å². The SMILES string of the molecule is O=C(c1ccccc1)C(Sc1nnc(-c2cccc(S(=O)(=O)N3CCCC3)c2)n1-c1ccccc1)c1ccccc1. The lowest BCUT2D eigenvalue weighted by atomic mass is 10.0. The van der Waals surface area contributed by atoms with Crippen molar-refractivity contribution < 1.29 is 13.2 Å². The maximum Gasteiger partial charge on any atom is 0.243 e. The molecule has 0 saturated carbocycles. The molecule has 0 spiro atoms. The van der Waals surface area contributed by atoms with Gasteiger partial charge in [0.1, 0.15) is 5.25 Å². The molecule has 0 N–H and O–H groups in total. The number of aromatic nitrogens is 3. The number of nitrogens with zero attached hydrogens (tertiary/aromatic N) is 4. The second kappa shape index (κ2) is 11.8. The number of carbonyl (C=O) groups excluding carboxylic acids is 1. The van der Waals surface area contributed by atoms with Crippen LogP contribution in [0, 0.1) is 0 Å². The van der Waals surface area contributed by atoms with Crippen LogP contribution in [-0.4, -0.2) is 46.4 Å². The Morgan fingerprint density at radius 1 is 0.756 bits per heavy atom. The largest absolute Gasteiger partial charge is 0.293 e. The summed E-state index contributed by atoms with van der Waals surface area (Å²) in [7, 11) is -3.61. The van der Waals surface area contributed by atoms with Crippen molar-refractivity contribution in [2.75, 3.05) is 13.1 Å². The number of carbonyl (C=O) groups is 1. The van der Waals surface area contributed by atoms with Gasteiger partial charge in [-0.25, -0.2) is 8.42 Å². The molecule has 1 unspecified atom stereocenters. The van der Waals surface area contributed by atoms with Crippen molar-refractivity contribution in [3.63, 3.8) is 0 Å². The predicted molar refractivity (Wildman–Crippen MR) is 161 cm³/mol. The summed E-state index contributed by atoms with van der Waals surface area (Å²) < 4.78 is 30.1. The molecule has 0 radical (unpaired) electrons. The van der Waals surface area contributed by atoms with Gasteiger partial charge in [0.15, 0.2) is 16.8 Å². The van der Waals surface area contributed by atoms with Gasteiger partial charge < -0.3 is 0 Å². The molecule has 206 valence electrons. The molecule has 2 heterocycles. The summed E-state index contributed by atoms with van der Waals surface area (Å²) in [5, 5.41) is 9.03. The van der Waals surface area contributed by atoms with E-state index in [0.29, 0.717) is 35.2 Å². The van der Waals surface area contributed by atoms with Gasteiger partial charge in [-0.15, -0.1) is 10.2 Å². The number of Topliss-reactive ketones (excluding diaryl/α,β-unsaturated/α-hetero) is 1. The van der Waals surface area contributed by atoms with Crippen molar-refractivity contribution in [2.45, 2.75) is 28.1 Å². The number of thioether (sulfide) groups is 1. The summed E-state index contributed by atoms with van der Waals surface area (Å²) in [5.41, 5.74) is 2.90. The van der Waals surface area contributed by atoms with Crippen molar-refractivity contribution in [1.82, 2.24) is 19.1 Å². The van der Waals surface area contributed by atoms with E-state index in [1.807, 2.05) is 102 Å². The molecule has 0 amide bonds. The van der Waals surface area contributed by atoms with Gasteiger partial charge in [0.25, 0.3) is 0 Å². The highest BCUT2D eigenvalue weighted by Crippen LogP contribution is 2.39. The van der Waals surface area contributed by atoms with E-state index >= 15 is 0 Å². The lowest BCUT2D eigenvalue weighted by molar-refractivity contribution is 0.0989. The quantitative estimate of drug-likeness (QED) is 0.147. The molecule has 1 atom stereocenters. The van der Waals surface area contributed by atoms with Crippen molar-refractivity contribution in [2.24, 2.45) is 0 Å². The molecule has 7 nitrogen and oxygen atoms in total. The maximum atomic E-state index is 13.8. The molecule has 1 aliphatic rings. The second-order valence-corrected chi connectivity index (χ2v) is 12.8. The van der Waals surface area contributed by atoms with Crippen LogP contribution in [0.4, 0.5) is 0 Å². The van der Waals surface area contributed by atoms with E-state index in [2.05, 4.69) is 10.2 Å². The van der Waals surface area contributed by atoms with Crippen LogP contribution >= 0.6 is 11.8 Å².